The molecule has 0 radical (unpaired) electrons. The summed E-state index contributed by atoms with van der Waals surface area (Å²) in [6.45, 7) is 3.81. The molecule has 0 saturated carbocycles. The van der Waals surface area contributed by atoms with Crippen molar-refractivity contribution >= 4 is 23.4 Å². The van der Waals surface area contributed by atoms with Gasteiger partial charge in [-0.25, -0.2) is 14.8 Å². The number of carbonyl (C=O) groups excluding carboxylic acids is 2. The van der Waals surface area contributed by atoms with Crippen LogP contribution in [0, 0.1) is 0 Å². The van der Waals surface area contributed by atoms with Crippen LogP contribution in [0.5, 0.6) is 5.75 Å². The van der Waals surface area contributed by atoms with Gasteiger partial charge in [0.15, 0.2) is 5.82 Å². The topological polar surface area (TPSA) is 122 Å². The van der Waals surface area contributed by atoms with E-state index in [1.54, 1.807) is 24.4 Å². The number of carbonyl (C=O) groups is 2. The van der Waals surface area contributed by atoms with Gasteiger partial charge in [0.2, 0.25) is 0 Å². The molecule has 12 nitrogen and oxygen atoms in total. The van der Waals surface area contributed by atoms with Gasteiger partial charge in [-0.05, 0) is 43.0 Å². The van der Waals surface area contributed by atoms with Crippen LogP contribution in [0.25, 0.3) is 0 Å². The summed E-state index contributed by atoms with van der Waals surface area (Å²) in [5, 5.41) is 11.1. The third-order valence-corrected chi connectivity index (χ3v) is 7.46. The highest BCUT2D eigenvalue weighted by atomic mass is 16.5. The first kappa shape index (κ1) is 23.2. The van der Waals surface area contributed by atoms with E-state index in [-0.39, 0.29) is 18.0 Å². The van der Waals surface area contributed by atoms with Crippen LogP contribution in [0.15, 0.2) is 36.9 Å². The van der Waals surface area contributed by atoms with E-state index in [2.05, 4.69) is 30.4 Å². The van der Waals surface area contributed by atoms with Crippen LogP contribution in [0.1, 0.15) is 34.7 Å². The van der Waals surface area contributed by atoms with E-state index in [1.807, 2.05) is 27.7 Å². The van der Waals surface area contributed by atoms with Crippen molar-refractivity contribution in [3.05, 3.63) is 54.0 Å². The largest absolute Gasteiger partial charge is 0.497 e. The van der Waals surface area contributed by atoms with Crippen LogP contribution in [0.2, 0.25) is 0 Å². The van der Waals surface area contributed by atoms with Crippen LogP contribution in [-0.4, -0.2) is 85.8 Å². The second-order valence-electron chi connectivity index (χ2n) is 9.54. The smallest absolute Gasteiger partial charge is 0.322 e. The lowest BCUT2D eigenvalue weighted by atomic mass is 10.0. The molecule has 5 heterocycles. The first-order chi connectivity index (χ1) is 18.1. The lowest BCUT2D eigenvalue weighted by Crippen LogP contribution is -2.49. The summed E-state index contributed by atoms with van der Waals surface area (Å²) in [5.74, 6) is 2.17. The maximum Gasteiger partial charge on any atom is 0.322 e. The van der Waals surface area contributed by atoms with Gasteiger partial charge < -0.3 is 29.3 Å². The standard InChI is InChI=1S/C25H29N9O3/c1-37-19-2-3-20-17(12-19)4-9-34(25(36)29-20)18-5-7-31(8-6-18)22-13-21(26-15-27-22)24(35)32-10-11-33-16-28-30-23(33)14-32/h2-3,12-13,15-16,18H,4-11,14H2,1H3,(H,29,36). The van der Waals surface area contributed by atoms with Gasteiger partial charge in [-0.3, -0.25) is 4.79 Å². The number of methoxy groups -OCH3 is 1. The Kier molecular flexibility index (Phi) is 6.07. The average molecular weight is 504 g/mol. The average Bonchev–Trinajstić information content (AvgIpc) is 3.35. The molecule has 3 aliphatic rings. The zero-order chi connectivity index (χ0) is 25.4. The molecule has 12 heteroatoms. The summed E-state index contributed by atoms with van der Waals surface area (Å²) in [5.41, 5.74) is 2.30. The molecule has 1 N–H and O–H groups in total. The van der Waals surface area contributed by atoms with Crippen molar-refractivity contribution in [1.82, 2.24) is 34.5 Å². The highest BCUT2D eigenvalue weighted by Crippen LogP contribution is 2.28. The maximum atomic E-state index is 13.1. The minimum atomic E-state index is -0.134. The number of piperidine rings is 1. The minimum Gasteiger partial charge on any atom is -0.497 e. The summed E-state index contributed by atoms with van der Waals surface area (Å²) in [4.78, 5) is 40.7. The van der Waals surface area contributed by atoms with Crippen molar-refractivity contribution in [1.29, 1.82) is 0 Å². The number of amides is 3. The third kappa shape index (κ3) is 4.54. The van der Waals surface area contributed by atoms with E-state index in [1.165, 1.54) is 6.33 Å². The first-order valence-electron chi connectivity index (χ1n) is 12.6. The molecule has 1 saturated heterocycles. The fourth-order valence-electron chi connectivity index (χ4n) is 5.35. The van der Waals surface area contributed by atoms with Crippen LogP contribution in [0.3, 0.4) is 0 Å². The molecule has 0 unspecified atom stereocenters. The van der Waals surface area contributed by atoms with Crippen LogP contribution < -0.4 is 15.0 Å². The van der Waals surface area contributed by atoms with Crippen LogP contribution in [0.4, 0.5) is 16.3 Å². The number of hydrogen-bond acceptors (Lipinski definition) is 8. The minimum absolute atomic E-state index is 0.0605. The van der Waals surface area contributed by atoms with Gasteiger partial charge in [0.05, 0.1) is 13.7 Å². The van der Waals surface area contributed by atoms with Gasteiger partial charge in [-0.2, -0.15) is 0 Å². The number of nitrogens with zero attached hydrogens (tertiary/aromatic N) is 8. The number of fused-ring (bicyclic) bond motifs is 2. The number of rotatable bonds is 4. The molecule has 0 atom stereocenters. The van der Waals surface area contributed by atoms with Gasteiger partial charge in [0.1, 0.15) is 29.9 Å². The first-order valence-corrected chi connectivity index (χ1v) is 12.6. The Hall–Kier alpha value is -4.22. The maximum absolute atomic E-state index is 13.1. The predicted molar refractivity (Wildman–Crippen MR) is 134 cm³/mol. The molecular formula is C25H29N9O3. The summed E-state index contributed by atoms with van der Waals surface area (Å²) in [6, 6.07) is 7.61. The Balaban J connectivity index is 1.09. The van der Waals surface area contributed by atoms with Gasteiger partial charge in [0.25, 0.3) is 5.91 Å². The Morgan fingerprint density at radius 2 is 1.95 bits per heavy atom. The molecule has 3 aliphatic heterocycles. The Bertz CT molecular complexity index is 1320. The molecule has 0 aliphatic carbocycles. The number of aromatic nitrogens is 5. The van der Waals surface area contributed by atoms with E-state index >= 15 is 0 Å². The summed E-state index contributed by atoms with van der Waals surface area (Å²) < 4.78 is 7.30. The van der Waals surface area contributed by atoms with Crippen molar-refractivity contribution in [3.63, 3.8) is 0 Å². The molecule has 1 aromatic carbocycles. The fraction of sp³-hybridized carbons (Fsp3) is 0.440. The van der Waals surface area contributed by atoms with Crippen molar-refractivity contribution in [2.24, 2.45) is 0 Å². The van der Waals surface area contributed by atoms with Crippen molar-refractivity contribution < 1.29 is 14.3 Å². The van der Waals surface area contributed by atoms with E-state index in [9.17, 15) is 9.59 Å². The molecule has 6 rings (SSSR count). The van der Waals surface area contributed by atoms with Gasteiger partial charge >= 0.3 is 6.03 Å². The second-order valence-corrected chi connectivity index (χ2v) is 9.54. The van der Waals surface area contributed by atoms with E-state index in [0.717, 1.165) is 61.0 Å². The quantitative estimate of drug-likeness (QED) is 0.572. The number of urea groups is 1. The summed E-state index contributed by atoms with van der Waals surface area (Å²) in [6.07, 6.45) is 5.56. The van der Waals surface area contributed by atoms with Crippen molar-refractivity contribution in [2.45, 2.75) is 38.4 Å². The highest BCUT2D eigenvalue weighted by molar-refractivity contribution is 5.93. The van der Waals surface area contributed by atoms with Gasteiger partial charge in [0, 0.05) is 50.5 Å². The lowest BCUT2D eigenvalue weighted by Gasteiger charge is -2.38. The fourth-order valence-corrected chi connectivity index (χ4v) is 5.35. The molecule has 0 spiro atoms. The highest BCUT2D eigenvalue weighted by Gasteiger charge is 2.31. The molecular weight excluding hydrogens is 474 g/mol. The second kappa shape index (κ2) is 9.68. The van der Waals surface area contributed by atoms with E-state index in [0.29, 0.717) is 31.9 Å². The number of anilines is 2. The van der Waals surface area contributed by atoms with Gasteiger partial charge in [-0.15, -0.1) is 10.2 Å². The number of hydrogen-bond donors (Lipinski definition) is 1. The molecule has 192 valence electrons. The zero-order valence-corrected chi connectivity index (χ0v) is 20.7. The summed E-state index contributed by atoms with van der Waals surface area (Å²) in [7, 11) is 1.65. The predicted octanol–water partition coefficient (Wildman–Crippen LogP) is 1.79. The van der Waals surface area contributed by atoms with Crippen molar-refractivity contribution in [3.8, 4) is 5.75 Å². The number of nitrogens with one attached hydrogen (secondary N) is 1. The third-order valence-electron chi connectivity index (χ3n) is 7.46. The molecule has 0 bridgehead atoms. The van der Waals surface area contributed by atoms with Crippen molar-refractivity contribution in [2.75, 3.05) is 43.5 Å². The zero-order valence-electron chi connectivity index (χ0n) is 20.7. The van der Waals surface area contributed by atoms with Crippen LogP contribution in [-0.2, 0) is 19.5 Å². The molecule has 3 aromatic rings. The summed E-state index contributed by atoms with van der Waals surface area (Å²) >= 11 is 0. The lowest BCUT2D eigenvalue weighted by molar-refractivity contribution is 0.0701. The SMILES string of the molecule is COc1ccc2c(c1)CCN(C1CCN(c3cc(C(=O)N4CCn5cnnc5C4)ncn3)CC1)C(=O)N2. The number of ether oxygens (including phenoxy) is 1. The Morgan fingerprint density at radius 3 is 2.78 bits per heavy atom. The van der Waals surface area contributed by atoms with Gasteiger partial charge in [-0.1, -0.05) is 0 Å². The molecule has 3 amide bonds. The van der Waals surface area contributed by atoms with E-state index < -0.39 is 0 Å². The Morgan fingerprint density at radius 1 is 1.08 bits per heavy atom. The number of benzene rings is 1. The molecule has 37 heavy (non-hydrogen) atoms. The molecule has 2 aromatic heterocycles. The normalized spacial score (nSPS) is 18.1. The Labute approximate surface area is 214 Å². The van der Waals surface area contributed by atoms with E-state index in [4.69, 9.17) is 4.74 Å². The monoisotopic (exact) mass is 503 g/mol. The molecule has 1 fully saturated rings. The van der Waals surface area contributed by atoms with Crippen LogP contribution >= 0.6 is 0 Å².